The first-order valence-electron chi connectivity index (χ1n) is 8.59. The van der Waals surface area contributed by atoms with E-state index in [1.54, 1.807) is 0 Å². The Hall–Kier alpha value is -3.10. The molecule has 0 radical (unpaired) electrons. The predicted octanol–water partition coefficient (Wildman–Crippen LogP) is 1.34. The Balaban J connectivity index is 2.92. The molecule has 0 aliphatic carbocycles. The lowest BCUT2D eigenvalue weighted by Crippen LogP contribution is -2.47. The van der Waals surface area contributed by atoms with Crippen LogP contribution in [0.4, 0.5) is 0 Å². The van der Waals surface area contributed by atoms with Gasteiger partial charge in [0.15, 0.2) is 6.61 Å². The van der Waals surface area contributed by atoms with Gasteiger partial charge in [-0.15, -0.1) is 0 Å². The number of esters is 3. The van der Waals surface area contributed by atoms with E-state index in [0.29, 0.717) is 6.42 Å². The first-order valence-corrected chi connectivity index (χ1v) is 8.59. The van der Waals surface area contributed by atoms with E-state index in [0.717, 1.165) is 0 Å². The van der Waals surface area contributed by atoms with Crippen LogP contribution in [0.5, 0.6) is 5.75 Å². The van der Waals surface area contributed by atoms with Crippen molar-refractivity contribution >= 4 is 23.8 Å². The van der Waals surface area contributed by atoms with Crippen molar-refractivity contribution < 1.29 is 38.1 Å². The SMILES string of the molecule is CC[C@@H](C)[C@@H](NC(=O)COc1cc(C(=O)OC)cc(C(=O)OC)c1)C(=O)OC. The largest absolute Gasteiger partial charge is 0.484 e. The van der Waals surface area contributed by atoms with Gasteiger partial charge in [-0.1, -0.05) is 20.3 Å². The number of benzene rings is 1. The van der Waals surface area contributed by atoms with Gasteiger partial charge >= 0.3 is 17.9 Å². The lowest BCUT2D eigenvalue weighted by atomic mass is 9.99. The van der Waals surface area contributed by atoms with Gasteiger partial charge in [-0.3, -0.25) is 4.79 Å². The summed E-state index contributed by atoms with van der Waals surface area (Å²) >= 11 is 0. The molecule has 0 aliphatic heterocycles. The second-order valence-electron chi connectivity index (χ2n) is 5.97. The van der Waals surface area contributed by atoms with Crippen molar-refractivity contribution in [3.63, 3.8) is 0 Å². The molecule has 9 heteroatoms. The van der Waals surface area contributed by atoms with Gasteiger partial charge in [0, 0.05) is 0 Å². The highest BCUT2D eigenvalue weighted by Crippen LogP contribution is 2.19. The van der Waals surface area contributed by atoms with Crippen LogP contribution in [0.25, 0.3) is 0 Å². The van der Waals surface area contributed by atoms with E-state index < -0.39 is 36.5 Å². The van der Waals surface area contributed by atoms with Crippen molar-refractivity contribution in [3.8, 4) is 5.75 Å². The molecule has 1 amide bonds. The molecule has 28 heavy (non-hydrogen) atoms. The molecule has 0 bridgehead atoms. The summed E-state index contributed by atoms with van der Waals surface area (Å²) in [5.41, 5.74) is 0.126. The summed E-state index contributed by atoms with van der Waals surface area (Å²) in [7, 11) is 3.64. The fourth-order valence-corrected chi connectivity index (χ4v) is 2.31. The third kappa shape index (κ3) is 6.26. The second kappa shape index (κ2) is 10.9. The molecule has 1 aromatic rings. The summed E-state index contributed by atoms with van der Waals surface area (Å²) in [6.07, 6.45) is 0.657. The summed E-state index contributed by atoms with van der Waals surface area (Å²) in [6, 6.07) is 3.15. The quantitative estimate of drug-likeness (QED) is 0.492. The van der Waals surface area contributed by atoms with Gasteiger partial charge in [0.2, 0.25) is 0 Å². The molecule has 1 N–H and O–H groups in total. The molecule has 0 fully saturated rings. The van der Waals surface area contributed by atoms with Crippen LogP contribution >= 0.6 is 0 Å². The van der Waals surface area contributed by atoms with E-state index >= 15 is 0 Å². The van der Waals surface area contributed by atoms with E-state index in [1.165, 1.54) is 39.5 Å². The predicted molar refractivity (Wildman–Crippen MR) is 98.0 cm³/mol. The zero-order valence-electron chi connectivity index (χ0n) is 16.6. The maximum absolute atomic E-state index is 12.2. The maximum atomic E-state index is 12.2. The van der Waals surface area contributed by atoms with E-state index in [4.69, 9.17) is 9.47 Å². The Labute approximate surface area is 163 Å². The monoisotopic (exact) mass is 395 g/mol. The number of hydrogen-bond donors (Lipinski definition) is 1. The van der Waals surface area contributed by atoms with Crippen LogP contribution < -0.4 is 10.1 Å². The molecule has 2 atom stereocenters. The zero-order chi connectivity index (χ0) is 21.3. The summed E-state index contributed by atoms with van der Waals surface area (Å²) in [5, 5.41) is 2.56. The molecule has 0 aliphatic rings. The van der Waals surface area contributed by atoms with Crippen LogP contribution in [0.15, 0.2) is 18.2 Å². The highest BCUT2D eigenvalue weighted by molar-refractivity contribution is 5.96. The number of carbonyl (C=O) groups excluding carboxylic acids is 4. The first kappa shape index (κ1) is 22.9. The number of amides is 1. The van der Waals surface area contributed by atoms with Crippen molar-refractivity contribution in [2.24, 2.45) is 5.92 Å². The van der Waals surface area contributed by atoms with Crippen molar-refractivity contribution in [3.05, 3.63) is 29.3 Å². The third-order valence-electron chi connectivity index (χ3n) is 4.10. The molecule has 0 aromatic heterocycles. The van der Waals surface area contributed by atoms with Gasteiger partial charge in [0.25, 0.3) is 5.91 Å². The maximum Gasteiger partial charge on any atom is 0.338 e. The molecule has 9 nitrogen and oxygen atoms in total. The average molecular weight is 395 g/mol. The Kier molecular flexibility index (Phi) is 8.94. The minimum atomic E-state index is -0.807. The minimum Gasteiger partial charge on any atom is -0.484 e. The molecule has 1 rings (SSSR count). The van der Waals surface area contributed by atoms with Crippen molar-refractivity contribution in [2.75, 3.05) is 27.9 Å². The van der Waals surface area contributed by atoms with Crippen LogP contribution in [-0.2, 0) is 23.8 Å². The Morgan fingerprint density at radius 3 is 1.89 bits per heavy atom. The van der Waals surface area contributed by atoms with Gasteiger partial charge in [-0.2, -0.15) is 0 Å². The van der Waals surface area contributed by atoms with Crippen molar-refractivity contribution in [2.45, 2.75) is 26.3 Å². The van der Waals surface area contributed by atoms with Crippen LogP contribution in [0.1, 0.15) is 41.0 Å². The van der Waals surface area contributed by atoms with Crippen LogP contribution in [0.2, 0.25) is 0 Å². The number of carbonyl (C=O) groups is 4. The summed E-state index contributed by atoms with van der Waals surface area (Å²) in [4.78, 5) is 47.6. The normalized spacial score (nSPS) is 12.3. The summed E-state index contributed by atoms with van der Waals surface area (Å²) < 4.78 is 19.4. The van der Waals surface area contributed by atoms with Gasteiger partial charge in [0.05, 0.1) is 32.5 Å². The third-order valence-corrected chi connectivity index (χ3v) is 4.10. The standard InChI is InChI=1S/C19H25NO8/c1-6-11(2)16(19(24)27-5)20-15(21)10-28-14-8-12(17(22)25-3)7-13(9-14)18(23)26-4/h7-9,11,16H,6,10H2,1-5H3,(H,20,21)/t11-,16-/m1/s1. The van der Waals surface area contributed by atoms with E-state index in [9.17, 15) is 19.2 Å². The van der Waals surface area contributed by atoms with E-state index in [1.807, 2.05) is 13.8 Å². The number of hydrogen-bond acceptors (Lipinski definition) is 8. The van der Waals surface area contributed by atoms with Gasteiger partial charge in [0.1, 0.15) is 11.8 Å². The molecule has 0 unspecified atom stereocenters. The second-order valence-corrected chi connectivity index (χ2v) is 5.97. The molecular formula is C19H25NO8. The number of ether oxygens (including phenoxy) is 4. The van der Waals surface area contributed by atoms with Gasteiger partial charge in [-0.25, -0.2) is 14.4 Å². The summed E-state index contributed by atoms with van der Waals surface area (Å²) in [6.45, 7) is 3.26. The zero-order valence-corrected chi connectivity index (χ0v) is 16.6. The molecular weight excluding hydrogens is 370 g/mol. The molecule has 0 saturated carbocycles. The molecule has 0 spiro atoms. The number of nitrogens with one attached hydrogen (secondary N) is 1. The highest BCUT2D eigenvalue weighted by Gasteiger charge is 2.26. The smallest absolute Gasteiger partial charge is 0.338 e. The number of methoxy groups -OCH3 is 3. The molecule has 154 valence electrons. The fourth-order valence-electron chi connectivity index (χ4n) is 2.31. The Morgan fingerprint density at radius 2 is 1.46 bits per heavy atom. The number of rotatable bonds is 9. The summed E-state index contributed by atoms with van der Waals surface area (Å²) in [5.74, 6) is -2.51. The van der Waals surface area contributed by atoms with Crippen LogP contribution in [0, 0.1) is 5.92 Å². The minimum absolute atomic E-state index is 0.0628. The highest BCUT2D eigenvalue weighted by atomic mass is 16.5. The van der Waals surface area contributed by atoms with Gasteiger partial charge in [-0.05, 0) is 24.1 Å². The van der Waals surface area contributed by atoms with Crippen LogP contribution in [-0.4, -0.2) is 57.8 Å². The topological polar surface area (TPSA) is 117 Å². The molecule has 1 aromatic carbocycles. The Morgan fingerprint density at radius 1 is 0.929 bits per heavy atom. The van der Waals surface area contributed by atoms with E-state index in [-0.39, 0.29) is 22.8 Å². The molecule has 0 saturated heterocycles. The van der Waals surface area contributed by atoms with Crippen LogP contribution in [0.3, 0.4) is 0 Å². The van der Waals surface area contributed by atoms with Crippen molar-refractivity contribution in [1.29, 1.82) is 0 Å². The lowest BCUT2D eigenvalue weighted by Gasteiger charge is -2.21. The lowest BCUT2D eigenvalue weighted by molar-refractivity contribution is -0.146. The first-order chi connectivity index (χ1) is 13.3. The fraction of sp³-hybridized carbons (Fsp3) is 0.474. The molecule has 0 heterocycles. The van der Waals surface area contributed by atoms with Crippen molar-refractivity contribution in [1.82, 2.24) is 5.32 Å². The average Bonchev–Trinajstić information content (AvgIpc) is 2.73. The van der Waals surface area contributed by atoms with Gasteiger partial charge < -0.3 is 24.3 Å². The van der Waals surface area contributed by atoms with E-state index in [2.05, 4.69) is 14.8 Å². The Bertz CT molecular complexity index is 696.